The van der Waals surface area contributed by atoms with Crippen LogP contribution in [0.2, 0.25) is 0 Å². The van der Waals surface area contributed by atoms with Crippen LogP contribution in [0, 0.1) is 0 Å². The van der Waals surface area contributed by atoms with E-state index in [1.165, 1.54) is 57.9 Å². The third-order valence-corrected chi connectivity index (χ3v) is 8.73. The fraction of sp³-hybridized carbons (Fsp3) is 0.324. The molecule has 1 saturated heterocycles. The highest BCUT2D eigenvalue weighted by molar-refractivity contribution is 5.95. The standard InChI is InChI=1S/C37H39N5O2/c1-2-3-5-15-33-32-14-8-9-16-34(32)41(25-27-12-6-4-7-13-27)37(33)30-19-18-29-24-31(21-20-28(29)23-30)44-26-35-38-39-40-42(35)36-17-10-11-22-43-36/h4,6-9,12-14,16,18-21,23-24,36H,2-3,5,10-11,15,17,22,25-26H2,1H3. The Bertz CT molecular complexity index is 1850. The van der Waals surface area contributed by atoms with Gasteiger partial charge >= 0.3 is 0 Å². The predicted molar refractivity (Wildman–Crippen MR) is 175 cm³/mol. The van der Waals surface area contributed by atoms with E-state index >= 15 is 0 Å². The Morgan fingerprint density at radius 1 is 0.886 bits per heavy atom. The van der Waals surface area contributed by atoms with Crippen molar-refractivity contribution in [1.29, 1.82) is 0 Å². The maximum absolute atomic E-state index is 6.18. The van der Waals surface area contributed by atoms with Crippen LogP contribution < -0.4 is 4.74 Å². The van der Waals surface area contributed by atoms with E-state index in [0.29, 0.717) is 5.82 Å². The van der Waals surface area contributed by atoms with Crippen molar-refractivity contribution in [3.8, 4) is 17.0 Å². The summed E-state index contributed by atoms with van der Waals surface area (Å²) in [6, 6.07) is 32.8. The normalized spacial score (nSPS) is 15.2. The summed E-state index contributed by atoms with van der Waals surface area (Å²) in [7, 11) is 0. The lowest BCUT2D eigenvalue weighted by Crippen LogP contribution is -2.22. The monoisotopic (exact) mass is 585 g/mol. The lowest BCUT2D eigenvalue weighted by Gasteiger charge is -2.23. The molecular formula is C37H39N5O2. The summed E-state index contributed by atoms with van der Waals surface area (Å²) < 4.78 is 16.3. The second-order valence-corrected chi connectivity index (χ2v) is 11.7. The molecule has 224 valence electrons. The topological polar surface area (TPSA) is 67.0 Å². The van der Waals surface area contributed by atoms with Crippen LogP contribution in [-0.4, -0.2) is 31.4 Å². The zero-order valence-electron chi connectivity index (χ0n) is 25.4. The van der Waals surface area contributed by atoms with Crippen LogP contribution in [0.1, 0.15) is 68.6 Å². The zero-order valence-corrected chi connectivity index (χ0v) is 25.4. The van der Waals surface area contributed by atoms with Crippen LogP contribution in [0.3, 0.4) is 0 Å². The van der Waals surface area contributed by atoms with E-state index in [1.54, 1.807) is 4.68 Å². The van der Waals surface area contributed by atoms with Crippen molar-refractivity contribution in [3.05, 3.63) is 108 Å². The molecule has 7 nitrogen and oxygen atoms in total. The Balaban J connectivity index is 1.21. The molecule has 1 atom stereocenters. The van der Waals surface area contributed by atoms with Crippen molar-refractivity contribution in [2.24, 2.45) is 0 Å². The Kier molecular flexibility index (Phi) is 8.37. The van der Waals surface area contributed by atoms with E-state index in [4.69, 9.17) is 9.47 Å². The number of para-hydroxylation sites is 1. The number of fused-ring (bicyclic) bond motifs is 2. The number of rotatable bonds is 11. The quantitative estimate of drug-likeness (QED) is 0.143. The Morgan fingerprint density at radius 2 is 1.73 bits per heavy atom. The van der Waals surface area contributed by atoms with Crippen molar-refractivity contribution in [2.45, 2.75) is 71.2 Å². The second-order valence-electron chi connectivity index (χ2n) is 11.7. The number of aryl methyl sites for hydroxylation is 1. The molecule has 1 unspecified atom stereocenters. The van der Waals surface area contributed by atoms with Crippen LogP contribution in [0.25, 0.3) is 32.9 Å². The van der Waals surface area contributed by atoms with Crippen molar-refractivity contribution in [3.63, 3.8) is 0 Å². The van der Waals surface area contributed by atoms with Gasteiger partial charge in [-0.2, -0.15) is 4.68 Å². The third kappa shape index (κ3) is 5.84. The van der Waals surface area contributed by atoms with Gasteiger partial charge in [0.15, 0.2) is 12.1 Å². The number of hydrogen-bond donors (Lipinski definition) is 0. The summed E-state index contributed by atoms with van der Waals surface area (Å²) in [4.78, 5) is 0. The van der Waals surface area contributed by atoms with Gasteiger partial charge in [-0.15, -0.1) is 5.10 Å². The Labute approximate surface area is 258 Å². The maximum Gasteiger partial charge on any atom is 0.191 e. The number of benzene rings is 4. The number of ether oxygens (including phenoxy) is 2. The first kappa shape index (κ1) is 28.3. The predicted octanol–water partition coefficient (Wildman–Crippen LogP) is 8.51. The van der Waals surface area contributed by atoms with Gasteiger partial charge in [0.05, 0.1) is 5.69 Å². The Hall–Kier alpha value is -4.49. The fourth-order valence-corrected chi connectivity index (χ4v) is 6.50. The van der Waals surface area contributed by atoms with Crippen LogP contribution in [0.5, 0.6) is 5.75 Å². The van der Waals surface area contributed by atoms with Gasteiger partial charge in [-0.05, 0) is 94.3 Å². The largest absolute Gasteiger partial charge is 0.486 e. The van der Waals surface area contributed by atoms with Crippen LogP contribution in [0.4, 0.5) is 0 Å². The van der Waals surface area contributed by atoms with E-state index in [9.17, 15) is 0 Å². The molecular weight excluding hydrogens is 546 g/mol. The van der Waals surface area contributed by atoms with Gasteiger partial charge in [0.2, 0.25) is 0 Å². The van der Waals surface area contributed by atoms with Gasteiger partial charge < -0.3 is 14.0 Å². The average Bonchev–Trinajstić information content (AvgIpc) is 3.67. The average molecular weight is 586 g/mol. The first-order valence-corrected chi connectivity index (χ1v) is 16.0. The van der Waals surface area contributed by atoms with E-state index in [0.717, 1.165) is 50.0 Å². The molecule has 6 aromatic rings. The molecule has 0 spiro atoms. The molecule has 0 N–H and O–H groups in total. The minimum atomic E-state index is -0.114. The summed E-state index contributed by atoms with van der Waals surface area (Å²) >= 11 is 0. The minimum absolute atomic E-state index is 0.114. The number of aromatic nitrogens is 5. The highest BCUT2D eigenvalue weighted by Crippen LogP contribution is 2.37. The second kappa shape index (κ2) is 13.0. The number of unbranched alkanes of at least 4 members (excludes halogenated alkanes) is 2. The van der Waals surface area contributed by atoms with E-state index in [-0.39, 0.29) is 12.8 Å². The van der Waals surface area contributed by atoms with Crippen LogP contribution in [0.15, 0.2) is 91.0 Å². The first-order valence-electron chi connectivity index (χ1n) is 16.0. The third-order valence-electron chi connectivity index (χ3n) is 8.73. The van der Waals surface area contributed by atoms with E-state index < -0.39 is 0 Å². The summed E-state index contributed by atoms with van der Waals surface area (Å²) in [5.74, 6) is 1.47. The molecule has 0 aliphatic carbocycles. The Morgan fingerprint density at radius 3 is 2.59 bits per heavy atom. The molecule has 2 aromatic heterocycles. The van der Waals surface area contributed by atoms with Crippen LogP contribution in [-0.2, 0) is 24.3 Å². The van der Waals surface area contributed by atoms with Crippen molar-refractivity contribution < 1.29 is 9.47 Å². The fourth-order valence-electron chi connectivity index (χ4n) is 6.50. The van der Waals surface area contributed by atoms with Gasteiger partial charge in [0.25, 0.3) is 0 Å². The maximum atomic E-state index is 6.18. The SMILES string of the molecule is CCCCCc1c(-c2ccc3cc(OCc4nnnn4C4CCCCO4)ccc3c2)n(Cc2ccccc2)c2ccccc12. The van der Waals surface area contributed by atoms with Gasteiger partial charge in [-0.1, -0.05) is 86.5 Å². The summed E-state index contributed by atoms with van der Waals surface area (Å²) in [5.41, 5.74) is 6.62. The number of tetrazole rings is 1. The summed E-state index contributed by atoms with van der Waals surface area (Å²) in [6.45, 7) is 4.14. The number of nitrogens with zero attached hydrogens (tertiary/aromatic N) is 5. The van der Waals surface area contributed by atoms with Gasteiger partial charge in [0.1, 0.15) is 12.4 Å². The molecule has 0 bridgehead atoms. The molecule has 3 heterocycles. The molecule has 1 aliphatic rings. The van der Waals surface area contributed by atoms with Crippen molar-refractivity contribution in [1.82, 2.24) is 24.8 Å². The van der Waals surface area contributed by atoms with E-state index in [2.05, 4.69) is 112 Å². The molecule has 1 fully saturated rings. The molecule has 0 saturated carbocycles. The van der Waals surface area contributed by atoms with Crippen LogP contribution >= 0.6 is 0 Å². The van der Waals surface area contributed by atoms with E-state index in [1.807, 2.05) is 6.07 Å². The molecule has 1 aliphatic heterocycles. The van der Waals surface area contributed by atoms with Crippen molar-refractivity contribution >= 4 is 21.7 Å². The molecule has 4 aromatic carbocycles. The number of hydrogen-bond acceptors (Lipinski definition) is 5. The highest BCUT2D eigenvalue weighted by Gasteiger charge is 2.22. The van der Waals surface area contributed by atoms with Gasteiger partial charge in [0, 0.05) is 24.1 Å². The minimum Gasteiger partial charge on any atom is -0.486 e. The molecule has 0 amide bonds. The molecule has 0 radical (unpaired) electrons. The lowest BCUT2D eigenvalue weighted by atomic mass is 9.98. The van der Waals surface area contributed by atoms with Gasteiger partial charge in [-0.3, -0.25) is 0 Å². The summed E-state index contributed by atoms with van der Waals surface area (Å²) in [6.07, 6.45) is 7.70. The smallest absolute Gasteiger partial charge is 0.191 e. The first-order chi connectivity index (χ1) is 21.8. The molecule has 7 rings (SSSR count). The summed E-state index contributed by atoms with van der Waals surface area (Å²) in [5, 5.41) is 15.9. The van der Waals surface area contributed by atoms with Crippen molar-refractivity contribution in [2.75, 3.05) is 6.61 Å². The molecule has 7 heteroatoms. The van der Waals surface area contributed by atoms with Gasteiger partial charge in [-0.25, -0.2) is 0 Å². The zero-order chi connectivity index (χ0) is 29.7. The molecule has 44 heavy (non-hydrogen) atoms. The highest BCUT2D eigenvalue weighted by atomic mass is 16.5. The lowest BCUT2D eigenvalue weighted by molar-refractivity contribution is -0.0435.